The number of aromatic nitrogens is 3. The minimum Gasteiger partial charge on any atom is -0.350 e. The van der Waals surface area contributed by atoms with Crippen LogP contribution in [0.5, 0.6) is 0 Å². The first-order chi connectivity index (χ1) is 15.8. The molecule has 1 N–H and O–H groups in total. The number of fused-ring (bicyclic) bond motifs is 2. The number of likely N-dealkylation sites (tertiary alicyclic amines) is 1. The number of amides is 2. The summed E-state index contributed by atoms with van der Waals surface area (Å²) in [4.78, 5) is 24.6. The number of piperazine rings is 1. The Kier molecular flexibility index (Phi) is 5.18. The van der Waals surface area contributed by atoms with Gasteiger partial charge in [0.1, 0.15) is 5.82 Å². The van der Waals surface area contributed by atoms with Crippen LogP contribution in [0.4, 0.5) is 23.8 Å². The number of benzene rings is 1. The van der Waals surface area contributed by atoms with Crippen LogP contribution < -0.4 is 10.2 Å². The number of hydrogen-bond donors (Lipinski definition) is 1. The molecule has 2 amide bonds. The summed E-state index contributed by atoms with van der Waals surface area (Å²) in [5.74, 6) is -0.860. The van der Waals surface area contributed by atoms with E-state index in [4.69, 9.17) is 0 Å². The molecule has 2 aliphatic rings. The third-order valence-corrected chi connectivity index (χ3v) is 6.11. The van der Waals surface area contributed by atoms with Crippen molar-refractivity contribution >= 4 is 11.8 Å². The van der Waals surface area contributed by atoms with Gasteiger partial charge < -0.3 is 19.6 Å². The van der Waals surface area contributed by atoms with Gasteiger partial charge in [-0.15, -0.1) is 0 Å². The molecule has 0 saturated carbocycles. The zero-order valence-electron chi connectivity index (χ0n) is 17.7. The second kappa shape index (κ2) is 8.05. The molecule has 33 heavy (non-hydrogen) atoms. The number of rotatable bonds is 4. The Hall–Kier alpha value is -3.63. The molecule has 0 spiro atoms. The first-order valence-electron chi connectivity index (χ1n) is 10.6. The van der Waals surface area contributed by atoms with E-state index in [-0.39, 0.29) is 30.0 Å². The molecule has 5 rings (SSSR count). The molecule has 11 heteroatoms. The molecular formula is C22H21F3N6O2. The highest BCUT2D eigenvalue weighted by molar-refractivity contribution is 5.76. The molecule has 8 nitrogen and oxygen atoms in total. The zero-order chi connectivity index (χ0) is 23.2. The zero-order valence-corrected chi connectivity index (χ0v) is 17.7. The maximum absolute atomic E-state index is 12.8. The van der Waals surface area contributed by atoms with E-state index in [1.54, 1.807) is 12.1 Å². The van der Waals surface area contributed by atoms with Gasteiger partial charge in [-0.3, -0.25) is 0 Å². The van der Waals surface area contributed by atoms with Crippen molar-refractivity contribution in [3.05, 3.63) is 60.1 Å². The van der Waals surface area contributed by atoms with Crippen LogP contribution in [-0.2, 0) is 6.18 Å². The van der Waals surface area contributed by atoms with Crippen LogP contribution in [0, 0.1) is 0 Å². The number of carbonyl (C=O) groups is 1. The van der Waals surface area contributed by atoms with Crippen molar-refractivity contribution in [1.82, 2.24) is 25.3 Å². The fourth-order valence-electron chi connectivity index (χ4n) is 4.43. The average Bonchev–Trinajstić information content (AvgIpc) is 3.55. The van der Waals surface area contributed by atoms with Crippen LogP contribution in [-0.4, -0.2) is 51.2 Å². The summed E-state index contributed by atoms with van der Waals surface area (Å²) in [6, 6.07) is 13.2. The lowest BCUT2D eigenvalue weighted by atomic mass is 10.1. The second-order valence-electron chi connectivity index (χ2n) is 8.26. The molecule has 2 fully saturated rings. The normalized spacial score (nSPS) is 20.8. The van der Waals surface area contributed by atoms with Crippen molar-refractivity contribution in [2.45, 2.75) is 37.6 Å². The van der Waals surface area contributed by atoms with Gasteiger partial charge in [-0.1, -0.05) is 35.5 Å². The van der Waals surface area contributed by atoms with Crippen LogP contribution in [0.2, 0.25) is 0 Å². The predicted molar refractivity (Wildman–Crippen MR) is 112 cm³/mol. The maximum atomic E-state index is 12.8. The van der Waals surface area contributed by atoms with Gasteiger partial charge in [0.05, 0.1) is 18.1 Å². The fraction of sp³-hybridized carbons (Fsp3) is 0.364. The molecule has 0 radical (unpaired) electrons. The lowest BCUT2D eigenvalue weighted by molar-refractivity contribution is -0.159. The van der Waals surface area contributed by atoms with Gasteiger partial charge in [-0.05, 0) is 31.0 Å². The molecule has 4 heterocycles. The van der Waals surface area contributed by atoms with E-state index < -0.39 is 12.1 Å². The first-order valence-corrected chi connectivity index (χ1v) is 10.6. The minimum absolute atomic E-state index is 0.0750. The van der Waals surface area contributed by atoms with Crippen LogP contribution in [0.1, 0.15) is 30.8 Å². The summed E-state index contributed by atoms with van der Waals surface area (Å²) in [5.41, 5.74) is 1.38. The Morgan fingerprint density at radius 1 is 1.15 bits per heavy atom. The molecule has 3 aromatic rings. The van der Waals surface area contributed by atoms with Crippen LogP contribution in [0.15, 0.2) is 53.2 Å². The number of anilines is 1. The van der Waals surface area contributed by atoms with Gasteiger partial charge in [0.2, 0.25) is 5.82 Å². The molecule has 0 aliphatic carbocycles. The van der Waals surface area contributed by atoms with Crippen molar-refractivity contribution in [1.29, 1.82) is 0 Å². The Labute approximate surface area is 187 Å². The standard InChI is InChI=1S/C22H21F3N6O2/c1-13(14-5-3-2-4-6-14)27-21(32)31-12-16-9-17(31)11-30(16)18-8-7-15(10-26-18)19-28-20(33-29-19)22(23,24)25/h2-8,10,13,16-17H,9,11-12H2,1H3,(H,27,32)/t13-,16?,17?/m1/s1. The third-order valence-electron chi connectivity index (χ3n) is 6.11. The Morgan fingerprint density at radius 3 is 2.55 bits per heavy atom. The summed E-state index contributed by atoms with van der Waals surface area (Å²) >= 11 is 0. The predicted octanol–water partition coefficient (Wildman–Crippen LogP) is 3.88. The quantitative estimate of drug-likeness (QED) is 0.639. The summed E-state index contributed by atoms with van der Waals surface area (Å²) in [6.45, 7) is 3.19. The van der Waals surface area contributed by atoms with Gasteiger partial charge in [-0.25, -0.2) is 9.78 Å². The van der Waals surface area contributed by atoms with Crippen LogP contribution in [0.25, 0.3) is 11.4 Å². The van der Waals surface area contributed by atoms with Gasteiger partial charge in [-0.2, -0.15) is 18.2 Å². The molecule has 2 unspecified atom stereocenters. The lowest BCUT2D eigenvalue weighted by Gasteiger charge is -2.35. The largest absolute Gasteiger partial charge is 0.471 e. The average molecular weight is 458 g/mol. The van der Waals surface area contributed by atoms with E-state index in [0.717, 1.165) is 12.0 Å². The maximum Gasteiger partial charge on any atom is 0.471 e. The van der Waals surface area contributed by atoms with Gasteiger partial charge in [0.25, 0.3) is 0 Å². The molecular weight excluding hydrogens is 437 g/mol. The number of nitrogens with zero attached hydrogens (tertiary/aromatic N) is 5. The Balaban J connectivity index is 1.21. The Bertz CT molecular complexity index is 1140. The van der Waals surface area contributed by atoms with E-state index in [1.807, 2.05) is 42.2 Å². The van der Waals surface area contributed by atoms with Crippen LogP contribution >= 0.6 is 0 Å². The lowest BCUT2D eigenvalue weighted by Crippen LogP contribution is -2.52. The molecule has 3 atom stereocenters. The molecule has 1 aromatic carbocycles. The first kappa shape index (κ1) is 21.2. The number of urea groups is 1. The molecule has 2 aromatic heterocycles. The molecule has 2 bridgehead atoms. The van der Waals surface area contributed by atoms with Gasteiger partial charge >= 0.3 is 18.1 Å². The highest BCUT2D eigenvalue weighted by Crippen LogP contribution is 2.35. The van der Waals surface area contributed by atoms with Crippen molar-refractivity contribution in [3.8, 4) is 11.4 Å². The number of nitrogens with one attached hydrogen (secondary N) is 1. The SMILES string of the molecule is C[C@@H](NC(=O)N1CC2CC1CN2c1ccc(-c2noc(C(F)(F)F)n2)cn1)c1ccccc1. The number of alkyl halides is 3. The van der Waals surface area contributed by atoms with Crippen LogP contribution in [0.3, 0.4) is 0 Å². The number of pyridine rings is 1. The van der Waals surface area contributed by atoms with E-state index in [9.17, 15) is 18.0 Å². The smallest absolute Gasteiger partial charge is 0.350 e. The number of carbonyl (C=O) groups excluding carboxylic acids is 1. The summed E-state index contributed by atoms with van der Waals surface area (Å²) in [6.07, 6.45) is -2.42. The highest BCUT2D eigenvalue weighted by atomic mass is 19.4. The van der Waals surface area contributed by atoms with Crippen molar-refractivity contribution < 1.29 is 22.5 Å². The summed E-state index contributed by atoms with van der Waals surface area (Å²) in [7, 11) is 0. The second-order valence-corrected chi connectivity index (χ2v) is 8.26. The molecule has 172 valence electrons. The topological polar surface area (TPSA) is 87.4 Å². The van der Waals surface area contributed by atoms with Crippen molar-refractivity contribution in [3.63, 3.8) is 0 Å². The van der Waals surface area contributed by atoms with Gasteiger partial charge in [0, 0.05) is 24.8 Å². The number of halogens is 3. The monoisotopic (exact) mass is 458 g/mol. The third kappa shape index (κ3) is 4.10. The Morgan fingerprint density at radius 2 is 1.94 bits per heavy atom. The minimum atomic E-state index is -4.69. The van der Waals surface area contributed by atoms with E-state index in [0.29, 0.717) is 24.5 Å². The van der Waals surface area contributed by atoms with E-state index >= 15 is 0 Å². The van der Waals surface area contributed by atoms with E-state index in [1.165, 1.54) is 6.20 Å². The fourth-order valence-corrected chi connectivity index (χ4v) is 4.43. The molecule has 2 aliphatic heterocycles. The van der Waals surface area contributed by atoms with Crippen molar-refractivity contribution in [2.24, 2.45) is 0 Å². The van der Waals surface area contributed by atoms with E-state index in [2.05, 4.69) is 29.9 Å². The number of hydrogen-bond acceptors (Lipinski definition) is 6. The summed E-state index contributed by atoms with van der Waals surface area (Å²) in [5, 5.41) is 6.45. The highest BCUT2D eigenvalue weighted by Gasteiger charge is 2.46. The van der Waals surface area contributed by atoms with Crippen molar-refractivity contribution in [2.75, 3.05) is 18.0 Å². The summed E-state index contributed by atoms with van der Waals surface area (Å²) < 4.78 is 42.3. The van der Waals surface area contributed by atoms with Gasteiger partial charge in [0.15, 0.2) is 0 Å². The molecule has 2 saturated heterocycles.